The second-order valence-corrected chi connectivity index (χ2v) is 7.12. The molecule has 0 saturated carbocycles. The molecule has 12 heavy (non-hydrogen) atoms. The van der Waals surface area contributed by atoms with Crippen LogP contribution in [0.5, 0.6) is 0 Å². The Labute approximate surface area is 88.6 Å². The Hall–Kier alpha value is 0.360. The van der Waals surface area contributed by atoms with E-state index in [-0.39, 0.29) is 8.01 Å². The monoisotopic (exact) mass is 233 g/mol. The van der Waals surface area contributed by atoms with Gasteiger partial charge in [0, 0.05) is 4.90 Å². The first-order valence-electron chi connectivity index (χ1n) is 3.41. The zero-order valence-corrected chi connectivity index (χ0v) is 9.92. The highest BCUT2D eigenvalue weighted by Gasteiger charge is 1.88. The van der Waals surface area contributed by atoms with Gasteiger partial charge in [-0.2, -0.15) is 0 Å². The van der Waals surface area contributed by atoms with Crippen molar-refractivity contribution in [3.8, 4) is 0 Å². The Kier molecular flexibility index (Phi) is 4.50. The molecule has 0 heterocycles. The van der Waals surface area contributed by atoms with Crippen molar-refractivity contribution in [2.75, 3.05) is 6.26 Å². The third kappa shape index (κ3) is 3.39. The predicted molar refractivity (Wildman–Crippen MR) is 64.0 cm³/mol. The molecule has 0 aliphatic rings. The summed E-state index contributed by atoms with van der Waals surface area (Å²) in [5.41, 5.74) is 1.25. The first kappa shape index (κ1) is 10.4. The van der Waals surface area contributed by atoms with Crippen LogP contribution in [0.1, 0.15) is 5.56 Å². The number of hydrogen-bond acceptors (Lipinski definition) is 4. The summed E-state index contributed by atoms with van der Waals surface area (Å²) in [4.78, 5) is 1.28. The minimum atomic E-state index is -0.315. The normalized spacial score (nSPS) is 10.5. The lowest BCUT2D eigenvalue weighted by Gasteiger charge is -2.03. The smallest absolute Gasteiger partial charge is 0.00692 e. The van der Waals surface area contributed by atoms with Gasteiger partial charge in [0.15, 0.2) is 0 Å². The Morgan fingerprint density at radius 2 is 1.83 bits per heavy atom. The van der Waals surface area contributed by atoms with Gasteiger partial charge < -0.3 is 8.01 Å². The highest BCUT2D eigenvalue weighted by atomic mass is 33.1. The van der Waals surface area contributed by atoms with E-state index in [1.54, 1.807) is 11.8 Å². The highest BCUT2D eigenvalue weighted by molar-refractivity contribution is 8.46. The van der Waals surface area contributed by atoms with E-state index in [0.29, 0.717) is 0 Å². The molecule has 66 valence electrons. The van der Waals surface area contributed by atoms with Crippen molar-refractivity contribution in [2.45, 2.75) is 10.6 Å². The van der Waals surface area contributed by atoms with Gasteiger partial charge in [0.2, 0.25) is 0 Å². The van der Waals surface area contributed by atoms with Crippen LogP contribution in [0.2, 0.25) is 0 Å². The SMILES string of the molecule is CSc1ccc(C[S-](=S)=S)cc1. The standard InChI is InChI=1S/C8H9S4/c1-11-8-4-2-7(3-5-8)6-12(9)10/h2-5H,6H2,1H3/q-1. The van der Waals surface area contributed by atoms with Crippen molar-refractivity contribution in [1.82, 2.24) is 0 Å². The molecule has 0 radical (unpaired) electrons. The van der Waals surface area contributed by atoms with Crippen LogP contribution in [0.3, 0.4) is 0 Å². The number of rotatable bonds is 3. The molecule has 0 aliphatic carbocycles. The molecule has 4 heteroatoms. The van der Waals surface area contributed by atoms with E-state index in [1.165, 1.54) is 10.5 Å². The first-order chi connectivity index (χ1) is 5.72. The summed E-state index contributed by atoms with van der Waals surface area (Å²) in [5.74, 6) is 0.847. The van der Waals surface area contributed by atoms with E-state index in [9.17, 15) is 0 Å². The van der Waals surface area contributed by atoms with E-state index in [0.717, 1.165) is 5.75 Å². The third-order valence-electron chi connectivity index (χ3n) is 1.44. The summed E-state index contributed by atoms with van der Waals surface area (Å²) in [7, 11) is -0.315. The second-order valence-electron chi connectivity index (χ2n) is 2.30. The van der Waals surface area contributed by atoms with Crippen LogP contribution in [0.4, 0.5) is 0 Å². The molecule has 0 bridgehead atoms. The summed E-state index contributed by atoms with van der Waals surface area (Å²) in [6, 6.07) is 8.42. The van der Waals surface area contributed by atoms with Gasteiger partial charge in [0.05, 0.1) is 0 Å². The van der Waals surface area contributed by atoms with Crippen LogP contribution in [-0.2, 0) is 36.1 Å². The van der Waals surface area contributed by atoms with Crippen molar-refractivity contribution in [3.63, 3.8) is 0 Å². The summed E-state index contributed by atoms with van der Waals surface area (Å²) >= 11 is 11.7. The number of thioether (sulfide) groups is 1. The van der Waals surface area contributed by atoms with E-state index < -0.39 is 0 Å². The second kappa shape index (κ2) is 5.17. The largest absolute Gasteiger partial charge is 0.343 e. The van der Waals surface area contributed by atoms with Gasteiger partial charge in [-0.3, -0.25) is 22.4 Å². The van der Waals surface area contributed by atoms with Gasteiger partial charge >= 0.3 is 0 Å². The minimum absolute atomic E-state index is 0.315. The molecule has 0 N–H and O–H groups in total. The molecule has 0 amide bonds. The summed E-state index contributed by atoms with van der Waals surface area (Å²) < 4.78 is 0. The number of hydrogen-bond donors (Lipinski definition) is 0. The summed E-state index contributed by atoms with van der Waals surface area (Å²) in [6.07, 6.45) is 2.07. The lowest BCUT2D eigenvalue weighted by Crippen LogP contribution is -1.83. The Morgan fingerprint density at radius 3 is 2.25 bits per heavy atom. The first-order valence-corrected chi connectivity index (χ1v) is 7.88. The van der Waals surface area contributed by atoms with E-state index in [4.69, 9.17) is 22.4 Å². The summed E-state index contributed by atoms with van der Waals surface area (Å²) in [5, 5.41) is 0. The number of benzene rings is 1. The molecule has 1 aromatic carbocycles. The maximum Gasteiger partial charge on any atom is 0.00692 e. The Bertz CT molecular complexity index is 302. The van der Waals surface area contributed by atoms with E-state index in [2.05, 4.69) is 30.5 Å². The molecule has 1 rings (SSSR count). The molecule has 0 aliphatic heterocycles. The van der Waals surface area contributed by atoms with Crippen molar-refractivity contribution in [2.24, 2.45) is 0 Å². The van der Waals surface area contributed by atoms with Gasteiger partial charge in [-0.25, -0.2) is 0 Å². The lowest BCUT2D eigenvalue weighted by molar-refractivity contribution is 1.35. The maximum atomic E-state index is 4.96. The minimum Gasteiger partial charge on any atom is -0.343 e. The fourth-order valence-corrected chi connectivity index (χ4v) is 2.55. The van der Waals surface area contributed by atoms with Crippen molar-refractivity contribution in [3.05, 3.63) is 29.8 Å². The molecular weight excluding hydrogens is 224 g/mol. The van der Waals surface area contributed by atoms with E-state index in [1.807, 2.05) is 0 Å². The highest BCUT2D eigenvalue weighted by Crippen LogP contribution is 2.14. The van der Waals surface area contributed by atoms with Crippen molar-refractivity contribution in [1.29, 1.82) is 0 Å². The topological polar surface area (TPSA) is 0 Å². The lowest BCUT2D eigenvalue weighted by atomic mass is 10.2. The van der Waals surface area contributed by atoms with Gasteiger partial charge in [0.25, 0.3) is 0 Å². The van der Waals surface area contributed by atoms with Crippen molar-refractivity contribution < 1.29 is 0 Å². The van der Waals surface area contributed by atoms with Crippen LogP contribution in [0.25, 0.3) is 0 Å². The fourth-order valence-electron chi connectivity index (χ4n) is 0.858. The average molecular weight is 233 g/mol. The van der Waals surface area contributed by atoms with Gasteiger partial charge in [-0.1, -0.05) is 23.4 Å². The molecule has 0 fully saturated rings. The van der Waals surface area contributed by atoms with Gasteiger partial charge in [-0.15, -0.1) is 11.8 Å². The molecule has 0 nitrogen and oxygen atoms in total. The average Bonchev–Trinajstić information content (AvgIpc) is 2.05. The molecule has 0 atom stereocenters. The predicted octanol–water partition coefficient (Wildman–Crippen LogP) is 2.45. The molecule has 1 aromatic rings. The third-order valence-corrected chi connectivity index (χ3v) is 3.46. The molecule has 0 spiro atoms. The molecule has 0 aromatic heterocycles. The fraction of sp³-hybridized carbons (Fsp3) is 0.250. The van der Waals surface area contributed by atoms with Crippen LogP contribution >= 0.6 is 11.8 Å². The molecular formula is C8H9S4-. The zero-order chi connectivity index (χ0) is 8.97. The molecule has 0 saturated heterocycles. The van der Waals surface area contributed by atoms with Crippen LogP contribution in [0, 0.1) is 0 Å². The van der Waals surface area contributed by atoms with Gasteiger partial charge in [-0.05, 0) is 18.4 Å². The summed E-state index contributed by atoms with van der Waals surface area (Å²) in [6.45, 7) is 0. The van der Waals surface area contributed by atoms with Crippen LogP contribution in [0.15, 0.2) is 29.2 Å². The van der Waals surface area contributed by atoms with Crippen LogP contribution < -0.4 is 0 Å². The van der Waals surface area contributed by atoms with Gasteiger partial charge in [0.1, 0.15) is 0 Å². The maximum absolute atomic E-state index is 4.96. The zero-order valence-electron chi connectivity index (χ0n) is 6.65. The quantitative estimate of drug-likeness (QED) is 0.581. The Balaban J connectivity index is 2.77. The van der Waals surface area contributed by atoms with E-state index >= 15 is 0 Å². The Morgan fingerprint density at radius 1 is 1.25 bits per heavy atom. The van der Waals surface area contributed by atoms with Crippen molar-refractivity contribution >= 4 is 42.2 Å². The molecule has 0 unspecified atom stereocenters. The van der Waals surface area contributed by atoms with Crippen LogP contribution in [-0.4, -0.2) is 6.26 Å².